The molecule has 0 heterocycles. The highest BCUT2D eigenvalue weighted by Crippen LogP contribution is 2.30. The van der Waals surface area contributed by atoms with Gasteiger partial charge in [0.05, 0.1) is 10.7 Å². The summed E-state index contributed by atoms with van der Waals surface area (Å²) in [5.74, 6) is -0.419. The lowest BCUT2D eigenvalue weighted by Crippen LogP contribution is -2.27. The second kappa shape index (κ2) is 6.29. The quantitative estimate of drug-likeness (QED) is 0.807. The van der Waals surface area contributed by atoms with Crippen LogP contribution in [0.2, 0.25) is 5.02 Å². The lowest BCUT2D eigenvalue weighted by atomic mass is 9.96. The zero-order chi connectivity index (χ0) is 13.8. The van der Waals surface area contributed by atoms with Crippen LogP contribution in [0.5, 0.6) is 0 Å². The Morgan fingerprint density at radius 2 is 2.05 bits per heavy atom. The molecule has 0 radical (unpaired) electrons. The van der Waals surface area contributed by atoms with Gasteiger partial charge in [-0.1, -0.05) is 43.9 Å². The predicted octanol–water partition coefficient (Wildman–Crippen LogP) is 4.42. The summed E-state index contributed by atoms with van der Waals surface area (Å²) in [6.45, 7) is 2.23. The summed E-state index contributed by atoms with van der Waals surface area (Å²) < 4.78 is 0. The molecule has 0 bridgehead atoms. The number of aromatic carboxylic acids is 1. The number of nitrogens with one attached hydrogen (secondary N) is 1. The third-order valence-electron chi connectivity index (χ3n) is 3.93. The smallest absolute Gasteiger partial charge is 0.339 e. The zero-order valence-electron chi connectivity index (χ0n) is 11.2. The molecular weight excluding hydrogens is 262 g/mol. The summed E-state index contributed by atoms with van der Waals surface area (Å²) >= 11 is 5.99. The van der Waals surface area contributed by atoms with Crippen molar-refractivity contribution in [3.63, 3.8) is 0 Å². The van der Waals surface area contributed by atoms with Gasteiger partial charge >= 0.3 is 5.97 Å². The molecule has 0 aliphatic heterocycles. The van der Waals surface area contributed by atoms with E-state index in [4.69, 9.17) is 11.6 Å². The van der Waals surface area contributed by atoms with Crippen molar-refractivity contribution in [2.24, 2.45) is 5.92 Å². The van der Waals surface area contributed by atoms with Crippen molar-refractivity contribution in [1.82, 2.24) is 0 Å². The Kier molecular flexibility index (Phi) is 4.70. The van der Waals surface area contributed by atoms with E-state index in [1.54, 1.807) is 18.2 Å². The van der Waals surface area contributed by atoms with E-state index in [0.29, 0.717) is 22.7 Å². The lowest BCUT2D eigenvalue weighted by Gasteiger charge is -2.25. The highest BCUT2D eigenvalue weighted by Gasteiger charge is 2.22. The molecular formula is C15H20ClNO2. The van der Waals surface area contributed by atoms with Crippen LogP contribution in [0.15, 0.2) is 18.2 Å². The molecule has 104 valence electrons. The van der Waals surface area contributed by atoms with Crippen molar-refractivity contribution in [3.8, 4) is 0 Å². The van der Waals surface area contributed by atoms with Crippen molar-refractivity contribution >= 4 is 23.3 Å². The monoisotopic (exact) mass is 281 g/mol. The van der Waals surface area contributed by atoms with Gasteiger partial charge in [0.2, 0.25) is 0 Å². The van der Waals surface area contributed by atoms with Crippen molar-refractivity contribution in [1.29, 1.82) is 0 Å². The van der Waals surface area contributed by atoms with Gasteiger partial charge in [-0.25, -0.2) is 4.79 Å². The highest BCUT2D eigenvalue weighted by molar-refractivity contribution is 6.34. The number of rotatable bonds is 3. The fourth-order valence-corrected chi connectivity index (χ4v) is 3.02. The molecule has 0 saturated heterocycles. The number of benzene rings is 1. The summed E-state index contributed by atoms with van der Waals surface area (Å²) in [4.78, 5) is 11.3. The molecule has 19 heavy (non-hydrogen) atoms. The maximum absolute atomic E-state index is 11.3. The van der Waals surface area contributed by atoms with Crippen LogP contribution in [0.25, 0.3) is 0 Å². The molecule has 1 fully saturated rings. The van der Waals surface area contributed by atoms with Gasteiger partial charge in [0.15, 0.2) is 0 Å². The van der Waals surface area contributed by atoms with Crippen molar-refractivity contribution in [2.75, 3.05) is 5.32 Å². The molecule has 1 aromatic carbocycles. The van der Waals surface area contributed by atoms with Crippen LogP contribution in [-0.2, 0) is 0 Å². The number of halogens is 1. The molecule has 2 atom stereocenters. The van der Waals surface area contributed by atoms with Crippen LogP contribution in [0.4, 0.5) is 5.69 Å². The Morgan fingerprint density at radius 1 is 1.32 bits per heavy atom. The van der Waals surface area contributed by atoms with E-state index in [2.05, 4.69) is 12.2 Å². The van der Waals surface area contributed by atoms with Gasteiger partial charge in [-0.05, 0) is 30.9 Å². The van der Waals surface area contributed by atoms with E-state index in [0.717, 1.165) is 6.42 Å². The SMILES string of the molecule is CC1CCCCCC1Nc1cccc(Cl)c1C(=O)O. The van der Waals surface area contributed by atoms with Gasteiger partial charge in [-0.3, -0.25) is 0 Å². The average Bonchev–Trinajstić information content (AvgIpc) is 2.54. The number of carboxylic acid groups (broad SMARTS) is 1. The first kappa shape index (κ1) is 14.2. The largest absolute Gasteiger partial charge is 0.478 e. The number of anilines is 1. The molecule has 1 saturated carbocycles. The second-order valence-corrected chi connectivity index (χ2v) is 5.74. The average molecular weight is 282 g/mol. The third-order valence-corrected chi connectivity index (χ3v) is 4.24. The van der Waals surface area contributed by atoms with Gasteiger partial charge in [0.1, 0.15) is 5.56 Å². The van der Waals surface area contributed by atoms with Crippen LogP contribution < -0.4 is 5.32 Å². The number of carboxylic acids is 1. The molecule has 1 aromatic rings. The van der Waals surface area contributed by atoms with Crippen LogP contribution in [0.1, 0.15) is 49.4 Å². The fraction of sp³-hybridized carbons (Fsp3) is 0.533. The minimum absolute atomic E-state index is 0.181. The van der Waals surface area contributed by atoms with Crippen molar-refractivity contribution in [2.45, 2.75) is 45.1 Å². The minimum atomic E-state index is -0.977. The topological polar surface area (TPSA) is 49.3 Å². The van der Waals surface area contributed by atoms with Gasteiger partial charge in [-0.2, -0.15) is 0 Å². The normalized spacial score (nSPS) is 23.7. The Balaban J connectivity index is 2.22. The Bertz CT molecular complexity index is 461. The van der Waals surface area contributed by atoms with Gasteiger partial charge in [-0.15, -0.1) is 0 Å². The zero-order valence-corrected chi connectivity index (χ0v) is 11.9. The Morgan fingerprint density at radius 3 is 2.79 bits per heavy atom. The molecule has 3 nitrogen and oxygen atoms in total. The Hall–Kier alpha value is -1.22. The summed E-state index contributed by atoms with van der Waals surface area (Å²) in [5.41, 5.74) is 0.819. The Labute approximate surface area is 119 Å². The number of carbonyl (C=O) groups is 1. The minimum Gasteiger partial charge on any atom is -0.478 e. The molecule has 0 amide bonds. The van der Waals surface area contributed by atoms with Crippen LogP contribution in [0.3, 0.4) is 0 Å². The van der Waals surface area contributed by atoms with Gasteiger partial charge in [0, 0.05) is 6.04 Å². The van der Waals surface area contributed by atoms with E-state index in [9.17, 15) is 9.90 Å². The van der Waals surface area contributed by atoms with Gasteiger partial charge < -0.3 is 10.4 Å². The predicted molar refractivity (Wildman–Crippen MR) is 78.1 cm³/mol. The summed E-state index contributed by atoms with van der Waals surface area (Å²) in [7, 11) is 0. The third kappa shape index (κ3) is 3.41. The van der Waals surface area contributed by atoms with Crippen molar-refractivity contribution in [3.05, 3.63) is 28.8 Å². The first-order valence-electron chi connectivity index (χ1n) is 6.88. The first-order chi connectivity index (χ1) is 9.09. The van der Waals surface area contributed by atoms with Gasteiger partial charge in [0.25, 0.3) is 0 Å². The molecule has 2 N–H and O–H groups in total. The molecule has 4 heteroatoms. The molecule has 0 aromatic heterocycles. The fourth-order valence-electron chi connectivity index (χ4n) is 2.77. The van der Waals surface area contributed by atoms with E-state index in [-0.39, 0.29) is 5.56 Å². The van der Waals surface area contributed by atoms with E-state index in [1.165, 1.54) is 25.7 Å². The molecule has 2 unspecified atom stereocenters. The lowest BCUT2D eigenvalue weighted by molar-refractivity contribution is 0.0698. The summed E-state index contributed by atoms with van der Waals surface area (Å²) in [6, 6.07) is 5.54. The van der Waals surface area contributed by atoms with Crippen LogP contribution >= 0.6 is 11.6 Å². The van der Waals surface area contributed by atoms with Crippen LogP contribution in [0, 0.1) is 5.92 Å². The van der Waals surface area contributed by atoms with E-state index >= 15 is 0 Å². The maximum atomic E-state index is 11.3. The molecule has 1 aliphatic carbocycles. The molecule has 0 spiro atoms. The van der Waals surface area contributed by atoms with E-state index in [1.807, 2.05) is 0 Å². The summed E-state index contributed by atoms with van der Waals surface area (Å²) in [5, 5.41) is 13.0. The maximum Gasteiger partial charge on any atom is 0.339 e. The molecule has 2 rings (SSSR count). The second-order valence-electron chi connectivity index (χ2n) is 5.33. The highest BCUT2D eigenvalue weighted by atomic mass is 35.5. The summed E-state index contributed by atoms with van der Waals surface area (Å²) in [6.07, 6.45) is 6.02. The number of hydrogen-bond donors (Lipinski definition) is 2. The molecule has 1 aliphatic rings. The standard InChI is InChI=1S/C15H20ClNO2/c1-10-6-3-2-4-8-12(10)17-13-9-5-7-11(16)14(13)15(18)19/h5,7,9-10,12,17H,2-4,6,8H2,1H3,(H,18,19). The van der Waals surface area contributed by atoms with Crippen molar-refractivity contribution < 1.29 is 9.90 Å². The van der Waals surface area contributed by atoms with Crippen LogP contribution in [-0.4, -0.2) is 17.1 Å². The number of hydrogen-bond acceptors (Lipinski definition) is 2. The van der Waals surface area contributed by atoms with E-state index < -0.39 is 5.97 Å². The first-order valence-corrected chi connectivity index (χ1v) is 7.25.